The first-order valence-electron chi connectivity index (χ1n) is 5.94. The van der Waals surface area contributed by atoms with E-state index in [1.165, 1.54) is 25.2 Å². The highest BCUT2D eigenvalue weighted by Gasteiger charge is 2.27. The third-order valence-electron chi connectivity index (χ3n) is 2.56. The molecule has 0 aliphatic heterocycles. The lowest BCUT2D eigenvalue weighted by Crippen LogP contribution is -2.32. The van der Waals surface area contributed by atoms with E-state index in [0.29, 0.717) is 0 Å². The van der Waals surface area contributed by atoms with Crippen molar-refractivity contribution in [2.75, 3.05) is 18.4 Å². The van der Waals surface area contributed by atoms with E-state index >= 15 is 0 Å². The second-order valence-electron chi connectivity index (χ2n) is 4.12. The van der Waals surface area contributed by atoms with Gasteiger partial charge in [0.15, 0.2) is 11.9 Å². The Morgan fingerprint density at radius 1 is 1.38 bits per heavy atom. The quantitative estimate of drug-likeness (QED) is 0.652. The Morgan fingerprint density at radius 2 is 2.05 bits per heavy atom. The molecule has 8 nitrogen and oxygen atoms in total. The van der Waals surface area contributed by atoms with Gasteiger partial charge in [0.2, 0.25) is 10.0 Å². The van der Waals surface area contributed by atoms with Crippen LogP contribution >= 0.6 is 0 Å². The van der Waals surface area contributed by atoms with Crippen LogP contribution in [-0.4, -0.2) is 44.3 Å². The van der Waals surface area contributed by atoms with E-state index in [1.807, 2.05) is 0 Å². The fourth-order valence-electron chi connectivity index (χ4n) is 1.26. The van der Waals surface area contributed by atoms with E-state index in [2.05, 4.69) is 10.0 Å². The van der Waals surface area contributed by atoms with Gasteiger partial charge >= 0.3 is 5.97 Å². The molecule has 21 heavy (non-hydrogen) atoms. The molecule has 0 heterocycles. The molecule has 0 spiro atoms. The molecule has 1 amide bonds. The Kier molecular flexibility index (Phi) is 5.53. The first-order valence-corrected chi connectivity index (χ1v) is 7.49. The smallest absolute Gasteiger partial charge is 0.323 e. The van der Waals surface area contributed by atoms with E-state index in [1.54, 1.807) is 6.07 Å². The molecular weight excluding hydrogens is 300 g/mol. The zero-order valence-electron chi connectivity index (χ0n) is 11.5. The van der Waals surface area contributed by atoms with Crippen LogP contribution in [0.2, 0.25) is 0 Å². The van der Waals surface area contributed by atoms with Gasteiger partial charge in [-0.2, -0.15) is 0 Å². The largest absolute Gasteiger partial charge is 0.484 e. The number of ether oxygens (including phenoxy) is 1. The van der Waals surface area contributed by atoms with Gasteiger partial charge < -0.3 is 15.2 Å². The minimum atomic E-state index is -4.05. The number of hydrogen-bond acceptors (Lipinski definition) is 5. The molecule has 0 aliphatic carbocycles. The fraction of sp³-hybridized carbons (Fsp3) is 0.333. The third-order valence-corrected chi connectivity index (χ3v) is 4.21. The summed E-state index contributed by atoms with van der Waals surface area (Å²) in [5.74, 6) is -1.50. The van der Waals surface area contributed by atoms with Crippen LogP contribution < -0.4 is 14.8 Å². The Bertz CT molecular complexity index is 628. The molecule has 0 saturated heterocycles. The average molecular weight is 316 g/mol. The average Bonchev–Trinajstić information content (AvgIpc) is 2.43. The summed E-state index contributed by atoms with van der Waals surface area (Å²) >= 11 is 0. The zero-order chi connectivity index (χ0) is 16.0. The van der Waals surface area contributed by atoms with Crippen LogP contribution in [0.15, 0.2) is 24.3 Å². The van der Waals surface area contributed by atoms with E-state index in [-0.39, 0.29) is 24.0 Å². The molecule has 1 rings (SSSR count). The van der Waals surface area contributed by atoms with Gasteiger partial charge in [0.25, 0.3) is 5.91 Å². The van der Waals surface area contributed by atoms with Crippen molar-refractivity contribution in [2.45, 2.75) is 12.2 Å². The van der Waals surface area contributed by atoms with Crippen molar-refractivity contribution in [2.24, 2.45) is 0 Å². The van der Waals surface area contributed by atoms with Crippen molar-refractivity contribution in [3.05, 3.63) is 24.3 Å². The van der Waals surface area contributed by atoms with Crippen molar-refractivity contribution in [1.82, 2.24) is 5.32 Å². The van der Waals surface area contributed by atoms with Gasteiger partial charge in [-0.25, -0.2) is 8.42 Å². The molecule has 0 saturated carbocycles. The highest BCUT2D eigenvalue weighted by molar-refractivity contribution is 7.94. The summed E-state index contributed by atoms with van der Waals surface area (Å²) in [7, 11) is -2.59. The molecule has 0 aliphatic rings. The second-order valence-corrected chi connectivity index (χ2v) is 6.12. The number of carbonyl (C=O) groups excluding carboxylic acids is 1. The van der Waals surface area contributed by atoms with Gasteiger partial charge in [-0.15, -0.1) is 0 Å². The van der Waals surface area contributed by atoms with E-state index in [9.17, 15) is 18.0 Å². The molecule has 0 fully saturated rings. The number of aliphatic carboxylic acids is 1. The van der Waals surface area contributed by atoms with Crippen molar-refractivity contribution in [3.8, 4) is 5.75 Å². The van der Waals surface area contributed by atoms with Gasteiger partial charge in [0.05, 0.1) is 5.69 Å². The lowest BCUT2D eigenvalue weighted by molar-refractivity contribution is -0.136. The fourth-order valence-corrected chi connectivity index (χ4v) is 2.15. The minimum absolute atomic E-state index is 0.150. The molecule has 0 aromatic heterocycles. The summed E-state index contributed by atoms with van der Waals surface area (Å²) < 4.78 is 30.8. The Balaban J connectivity index is 2.81. The maximum absolute atomic E-state index is 11.8. The maximum atomic E-state index is 11.8. The molecule has 0 bridgehead atoms. The number of nitrogens with one attached hydrogen (secondary N) is 2. The van der Waals surface area contributed by atoms with Crippen LogP contribution in [0.5, 0.6) is 5.75 Å². The van der Waals surface area contributed by atoms with E-state index in [4.69, 9.17) is 9.84 Å². The number of anilines is 1. The highest BCUT2D eigenvalue weighted by atomic mass is 32.2. The molecule has 9 heteroatoms. The molecule has 1 aromatic carbocycles. The van der Waals surface area contributed by atoms with Gasteiger partial charge in [-0.05, 0) is 19.1 Å². The summed E-state index contributed by atoms with van der Waals surface area (Å²) in [4.78, 5) is 21.8. The lowest BCUT2D eigenvalue weighted by Gasteiger charge is -2.12. The lowest BCUT2D eigenvalue weighted by atomic mass is 10.3. The monoisotopic (exact) mass is 316 g/mol. The maximum Gasteiger partial charge on any atom is 0.323 e. The number of likely N-dealkylation sites (N-methyl/N-ethyl adjacent to an activating group) is 1. The summed E-state index contributed by atoms with van der Waals surface area (Å²) in [5, 5.41) is 9.52. The first kappa shape index (κ1) is 16.8. The normalized spacial score (nSPS) is 12.3. The van der Waals surface area contributed by atoms with Crippen LogP contribution in [0, 0.1) is 0 Å². The molecule has 0 radical (unpaired) electrons. The third kappa shape index (κ3) is 4.95. The number of benzene rings is 1. The topological polar surface area (TPSA) is 122 Å². The molecule has 3 N–H and O–H groups in total. The number of carboxylic acid groups (broad SMARTS) is 1. The molecular formula is C12H16N2O6S. The summed E-state index contributed by atoms with van der Waals surface area (Å²) in [6.45, 7) is 0.856. The Hall–Kier alpha value is -2.29. The van der Waals surface area contributed by atoms with Crippen LogP contribution in [0.1, 0.15) is 6.92 Å². The van der Waals surface area contributed by atoms with Crippen molar-refractivity contribution < 1.29 is 27.9 Å². The Morgan fingerprint density at radius 3 is 2.62 bits per heavy atom. The van der Waals surface area contributed by atoms with Gasteiger partial charge in [0.1, 0.15) is 5.75 Å². The molecule has 1 atom stereocenters. The molecule has 1 unspecified atom stereocenters. The zero-order valence-corrected chi connectivity index (χ0v) is 12.3. The van der Waals surface area contributed by atoms with Crippen LogP contribution in [0.3, 0.4) is 0 Å². The van der Waals surface area contributed by atoms with Crippen molar-refractivity contribution in [1.29, 1.82) is 0 Å². The van der Waals surface area contributed by atoms with Crippen LogP contribution in [0.4, 0.5) is 5.69 Å². The Labute approximate surface area is 122 Å². The first-order chi connectivity index (χ1) is 9.76. The summed E-state index contributed by atoms with van der Waals surface area (Å²) in [5.41, 5.74) is 0.150. The number of sulfonamides is 1. The number of amides is 1. The number of rotatable bonds is 7. The standard InChI is InChI=1S/C12H16N2O6S/c1-8(12(16)17)21(18,19)14-9-4-3-5-10(6-9)20-7-11(15)13-2/h3-6,8,14H,7H2,1-2H3,(H,13,15)(H,16,17). The molecule has 116 valence electrons. The predicted molar refractivity (Wildman–Crippen MR) is 75.6 cm³/mol. The van der Waals surface area contributed by atoms with Crippen LogP contribution in [0.25, 0.3) is 0 Å². The van der Waals surface area contributed by atoms with Gasteiger partial charge in [-0.3, -0.25) is 14.3 Å². The summed E-state index contributed by atoms with van der Waals surface area (Å²) in [6.07, 6.45) is 0. The van der Waals surface area contributed by atoms with Crippen LogP contribution in [-0.2, 0) is 19.6 Å². The molecule has 1 aromatic rings. The highest BCUT2D eigenvalue weighted by Crippen LogP contribution is 2.19. The number of hydrogen-bond donors (Lipinski definition) is 3. The van der Waals surface area contributed by atoms with Gasteiger partial charge in [-0.1, -0.05) is 6.07 Å². The van der Waals surface area contributed by atoms with Gasteiger partial charge in [0, 0.05) is 13.1 Å². The predicted octanol–water partition coefficient (Wildman–Crippen LogP) is 0.0262. The summed E-state index contributed by atoms with van der Waals surface area (Å²) in [6, 6.07) is 5.86. The van der Waals surface area contributed by atoms with Crippen molar-refractivity contribution >= 4 is 27.6 Å². The minimum Gasteiger partial charge on any atom is -0.484 e. The SMILES string of the molecule is CNC(=O)COc1cccc(NS(=O)(=O)C(C)C(=O)O)c1. The number of carboxylic acids is 1. The van der Waals surface area contributed by atoms with E-state index < -0.39 is 21.2 Å². The second kappa shape index (κ2) is 6.93. The number of carbonyl (C=O) groups is 2. The van der Waals surface area contributed by atoms with Crippen molar-refractivity contribution in [3.63, 3.8) is 0 Å². The van der Waals surface area contributed by atoms with E-state index in [0.717, 1.165) is 6.92 Å².